The summed E-state index contributed by atoms with van der Waals surface area (Å²) in [4.78, 5) is 100. The Balaban J connectivity index is 0.000000145. The van der Waals surface area contributed by atoms with Crippen molar-refractivity contribution in [3.8, 4) is 0 Å². The van der Waals surface area contributed by atoms with Crippen LogP contribution in [0.4, 0.5) is 0 Å². The van der Waals surface area contributed by atoms with Gasteiger partial charge >= 0.3 is 0 Å². The first-order chi connectivity index (χ1) is 41.4. The fraction of sp³-hybridized carbons (Fsp3) is 0.424. The Morgan fingerprint density at radius 2 is 0.988 bits per heavy atom. The summed E-state index contributed by atoms with van der Waals surface area (Å²) in [6.45, 7) is 4.90. The minimum atomic E-state index is -2.04. The Morgan fingerprint density at radius 1 is 0.581 bits per heavy atom. The van der Waals surface area contributed by atoms with Crippen molar-refractivity contribution in [2.24, 2.45) is 11.8 Å². The van der Waals surface area contributed by atoms with Gasteiger partial charge in [0.2, 0.25) is 35.1 Å². The number of carbonyl (C=O) groups is 6. The van der Waals surface area contributed by atoms with Crippen LogP contribution in [0.25, 0.3) is 33.0 Å². The minimum absolute atomic E-state index is 0.144. The molecule has 0 spiro atoms. The minimum Gasteiger partial charge on any atom is -0.361 e. The van der Waals surface area contributed by atoms with E-state index in [4.69, 9.17) is 9.47 Å². The van der Waals surface area contributed by atoms with Crippen LogP contribution in [-0.4, -0.2) is 185 Å². The van der Waals surface area contributed by atoms with E-state index in [1.54, 1.807) is 9.80 Å². The number of piperazine rings is 2. The number of aromatic nitrogens is 2. The summed E-state index contributed by atoms with van der Waals surface area (Å²) in [6, 6.07) is 28.2. The van der Waals surface area contributed by atoms with Crippen LogP contribution in [0.3, 0.4) is 0 Å². The zero-order valence-corrected chi connectivity index (χ0v) is 48.5. The zero-order chi connectivity index (χ0) is 59.3. The van der Waals surface area contributed by atoms with Crippen molar-refractivity contribution in [2.75, 3.05) is 40.3 Å². The van der Waals surface area contributed by atoms with Gasteiger partial charge in [-0.25, -0.2) is 0 Å². The number of hydrogen-bond donors (Lipinski definition) is 6. The lowest BCUT2D eigenvalue weighted by Crippen LogP contribution is -2.71. The largest absolute Gasteiger partial charge is 0.361 e. The van der Waals surface area contributed by atoms with Gasteiger partial charge in [-0.3, -0.25) is 57.8 Å². The predicted octanol–water partition coefficient (Wildman–Crippen LogP) is 3.98. The van der Waals surface area contributed by atoms with Crippen LogP contribution in [0.15, 0.2) is 122 Å². The van der Waals surface area contributed by atoms with Crippen molar-refractivity contribution >= 4 is 68.4 Å². The quantitative estimate of drug-likeness (QED) is 0.127. The Bertz CT molecular complexity index is 3650. The standard InChI is InChI=1S/2C33H35N5O5/c2*1-32(35-29(39)21-15-23-22-10-6-11-24-28(22)20(17-34-24)16-25(23)36(2)18-21)31(41)38-26(14-19-8-4-3-5-9-19)30(40)37-13-7-12-27(37)33(38,42)43-32/h2*3-6,8-11,15,17,21,25-27,34,42H,7,12-14,16,18H2,1-2H3,(H,35,39)/t21-,25+,26+,27+,32-,33+;21-,25-,26+,27+,32-,33+/m11/s1. The Kier molecular flexibility index (Phi) is 12.6. The van der Waals surface area contributed by atoms with Crippen molar-refractivity contribution in [1.82, 2.24) is 50.0 Å². The van der Waals surface area contributed by atoms with Crippen LogP contribution in [0.2, 0.25) is 0 Å². The zero-order valence-electron chi connectivity index (χ0n) is 48.5. The van der Waals surface area contributed by atoms with Gasteiger partial charge in [-0.15, -0.1) is 0 Å². The van der Waals surface area contributed by atoms with Gasteiger partial charge in [0.15, 0.2) is 0 Å². The summed E-state index contributed by atoms with van der Waals surface area (Å²) in [5.74, 6) is -7.53. The molecular formula is C66H70N10O10. The smallest absolute Gasteiger partial charge is 0.280 e. The number of rotatable bonds is 8. The molecule has 20 heteroatoms. The second-order valence-electron chi connectivity index (χ2n) is 25.6. The topological polar surface area (TPSA) is 236 Å². The average molecular weight is 1160 g/mol. The Morgan fingerprint density at radius 3 is 1.40 bits per heavy atom. The molecule has 0 radical (unpaired) electrons. The lowest BCUT2D eigenvalue weighted by Gasteiger charge is -2.48. The van der Waals surface area contributed by atoms with Gasteiger partial charge in [-0.05, 0) is 123 Å². The van der Waals surface area contributed by atoms with Gasteiger partial charge in [0.1, 0.15) is 24.2 Å². The number of benzene rings is 4. The number of nitrogens with zero attached hydrogens (tertiary/aromatic N) is 6. The molecule has 6 N–H and O–H groups in total. The van der Waals surface area contributed by atoms with E-state index in [0.29, 0.717) is 51.9 Å². The maximum atomic E-state index is 14.2. The van der Waals surface area contributed by atoms with Crippen molar-refractivity contribution in [3.05, 3.63) is 155 Å². The van der Waals surface area contributed by atoms with E-state index in [9.17, 15) is 39.0 Å². The molecular weight excluding hydrogens is 1090 g/mol. The number of aliphatic hydroxyl groups is 2. The van der Waals surface area contributed by atoms with Gasteiger partial charge < -0.3 is 40.6 Å². The third-order valence-electron chi connectivity index (χ3n) is 20.3. The fourth-order valence-corrected chi connectivity index (χ4v) is 16.2. The number of nitrogens with one attached hydrogen (secondary N) is 4. The van der Waals surface area contributed by atoms with E-state index < -0.39 is 71.1 Å². The molecule has 2 aromatic heterocycles. The SMILES string of the molecule is CN1C[C@H](C(=O)N[C@]2(C)O[C@@]3(O)[C@@H]4CCCN4C(=O)[C@H](Cc4ccccc4)N3C2=O)C=C2c3cccc4[nH]cc(c34)C[C@@H]21.CN1C[C@H](C(=O)N[C@]2(C)O[C@@]3(O)[C@@H]4CCCN4C(=O)[C@H](Cc4ccccc4)N3C2=O)C=C2c3cccc4[nH]cc(c34)C[C@H]21. The summed E-state index contributed by atoms with van der Waals surface area (Å²) in [7, 11) is 4.04. The van der Waals surface area contributed by atoms with E-state index in [1.807, 2.05) is 99.0 Å². The Labute approximate surface area is 496 Å². The Hall–Kier alpha value is -7.98. The van der Waals surface area contributed by atoms with Crippen molar-refractivity contribution in [1.29, 1.82) is 0 Å². The molecule has 12 atom stereocenters. The van der Waals surface area contributed by atoms with Gasteiger partial charge in [0.25, 0.3) is 23.6 Å². The lowest BCUT2D eigenvalue weighted by atomic mass is 9.79. The first-order valence-electron chi connectivity index (χ1n) is 30.2. The molecule has 6 saturated heterocycles. The molecule has 0 saturated carbocycles. The molecule has 86 heavy (non-hydrogen) atoms. The molecule has 10 aliphatic rings. The number of aromatic amines is 2. The molecule has 2 aliphatic carbocycles. The fourth-order valence-electron chi connectivity index (χ4n) is 16.2. The maximum absolute atomic E-state index is 14.2. The van der Waals surface area contributed by atoms with Crippen molar-refractivity contribution < 1.29 is 48.5 Å². The highest BCUT2D eigenvalue weighted by Crippen LogP contribution is 2.49. The van der Waals surface area contributed by atoms with Crippen LogP contribution >= 0.6 is 0 Å². The second-order valence-corrected chi connectivity index (χ2v) is 25.6. The number of likely N-dealkylation sites (N-methyl/N-ethyl adjacent to an activating group) is 2. The maximum Gasteiger partial charge on any atom is 0.280 e. The molecule has 6 aromatic rings. The van der Waals surface area contributed by atoms with E-state index >= 15 is 0 Å². The van der Waals surface area contributed by atoms with Crippen molar-refractivity contribution in [2.45, 2.75) is 125 Å². The first-order valence-corrected chi connectivity index (χ1v) is 30.2. The molecule has 444 valence electrons. The van der Waals surface area contributed by atoms with Crippen LogP contribution in [0.1, 0.15) is 72.9 Å². The molecule has 20 nitrogen and oxygen atoms in total. The van der Waals surface area contributed by atoms with Gasteiger partial charge in [0, 0.05) is 85.3 Å². The number of hydrogen-bond acceptors (Lipinski definition) is 12. The normalized spacial score (nSPS) is 33.3. The van der Waals surface area contributed by atoms with E-state index in [0.717, 1.165) is 57.3 Å². The van der Waals surface area contributed by atoms with Crippen LogP contribution in [0.5, 0.6) is 0 Å². The molecule has 6 amide bonds. The molecule has 16 rings (SSSR count). The summed E-state index contributed by atoms with van der Waals surface area (Å²) in [5.41, 5.74) is 7.17. The van der Waals surface area contributed by atoms with Crippen molar-refractivity contribution in [3.63, 3.8) is 0 Å². The van der Waals surface area contributed by atoms with Gasteiger partial charge in [-0.2, -0.15) is 0 Å². The number of carbonyl (C=O) groups excluding carboxylic acids is 6. The highest BCUT2D eigenvalue weighted by molar-refractivity contribution is 6.03. The van der Waals surface area contributed by atoms with E-state index in [-0.39, 0.29) is 48.6 Å². The molecule has 0 unspecified atom stereocenters. The highest BCUT2D eigenvalue weighted by atomic mass is 16.7. The summed E-state index contributed by atoms with van der Waals surface area (Å²) in [5, 5.41) is 32.2. The average Bonchev–Trinajstić information content (AvgIpc) is 1.83. The molecule has 4 aromatic carbocycles. The van der Waals surface area contributed by atoms with Crippen LogP contribution in [-0.2, 0) is 63.9 Å². The van der Waals surface area contributed by atoms with Gasteiger partial charge in [-0.1, -0.05) is 97.1 Å². The third kappa shape index (κ3) is 8.23. The monoisotopic (exact) mass is 1160 g/mol. The number of ether oxygens (including phenoxy) is 2. The number of fused-ring (bicyclic) bond motifs is 10. The molecule has 0 bridgehead atoms. The van der Waals surface area contributed by atoms with E-state index in [2.05, 4.69) is 67.1 Å². The second kappa shape index (κ2) is 19.8. The predicted molar refractivity (Wildman–Crippen MR) is 316 cm³/mol. The molecule has 8 aliphatic heterocycles. The molecule has 10 heterocycles. The number of amides is 6. The summed E-state index contributed by atoms with van der Waals surface area (Å²) < 4.78 is 12.5. The first kappa shape index (κ1) is 54.7. The third-order valence-corrected chi connectivity index (χ3v) is 20.3. The van der Waals surface area contributed by atoms with Crippen LogP contribution < -0.4 is 10.6 Å². The highest BCUT2D eigenvalue weighted by Gasteiger charge is 2.71. The van der Waals surface area contributed by atoms with Crippen LogP contribution in [0, 0.1) is 11.8 Å². The molecule has 6 fully saturated rings. The summed E-state index contributed by atoms with van der Waals surface area (Å²) in [6.07, 6.45) is 12.8. The van der Waals surface area contributed by atoms with Gasteiger partial charge in [0.05, 0.1) is 11.8 Å². The van der Waals surface area contributed by atoms with E-state index in [1.165, 1.54) is 45.5 Å². The summed E-state index contributed by atoms with van der Waals surface area (Å²) >= 11 is 0. The number of H-pyrrole nitrogens is 2. The lowest BCUT2D eigenvalue weighted by molar-refractivity contribution is -0.315.